The van der Waals surface area contributed by atoms with Gasteiger partial charge in [0.05, 0.1) is 5.56 Å². The lowest BCUT2D eigenvalue weighted by Gasteiger charge is -2.17. The van der Waals surface area contributed by atoms with Crippen molar-refractivity contribution in [1.29, 1.82) is 0 Å². The number of nitrogens with zero attached hydrogens (tertiary/aromatic N) is 2. The second-order valence-electron chi connectivity index (χ2n) is 9.71. The third kappa shape index (κ3) is 1.98. The monoisotopic (exact) mass is 428 g/mol. The van der Waals surface area contributed by atoms with Crippen molar-refractivity contribution in [2.45, 2.75) is 38.3 Å². The zero-order valence-electron chi connectivity index (χ0n) is 18.6. The predicted molar refractivity (Wildman–Crippen MR) is 127 cm³/mol. The maximum atomic E-state index is 6.68. The van der Waals surface area contributed by atoms with Gasteiger partial charge < -0.3 is 4.42 Å². The third-order valence-electron chi connectivity index (χ3n) is 7.99. The summed E-state index contributed by atoms with van der Waals surface area (Å²) in [6.07, 6.45) is 9.21. The van der Waals surface area contributed by atoms with Crippen LogP contribution in [0.4, 0.5) is 0 Å². The van der Waals surface area contributed by atoms with Gasteiger partial charge in [0, 0.05) is 41.1 Å². The van der Waals surface area contributed by atoms with E-state index in [2.05, 4.69) is 95.2 Å². The third-order valence-corrected chi connectivity index (χ3v) is 7.99. The number of aromatic nitrogens is 2. The molecule has 1 spiro atoms. The van der Waals surface area contributed by atoms with E-state index >= 15 is 0 Å². The molecule has 3 aromatic heterocycles. The van der Waals surface area contributed by atoms with Gasteiger partial charge in [0.1, 0.15) is 28.0 Å². The van der Waals surface area contributed by atoms with Gasteiger partial charge in [0.15, 0.2) is 12.4 Å². The van der Waals surface area contributed by atoms with Crippen LogP contribution >= 0.6 is 0 Å². The standard InChI is InChI=1S/C30H24N2O/c1-19-13-16-26-28-24(15-14-21-20-8-3-5-12-27(20)33-29(21)28)30(32(26)18-19)23-10-4-2-9-22(23)25-11-6-7-17-31(25)30/h2,4,6-7,9-11,13-18H,3,5,8,12H2,1H3/q+2. The molecule has 2 aromatic carbocycles. The molecule has 0 saturated heterocycles. The molecule has 3 heteroatoms. The molecular weight excluding hydrogens is 404 g/mol. The molecule has 0 N–H and O–H groups in total. The van der Waals surface area contributed by atoms with Gasteiger partial charge in [0.25, 0.3) is 0 Å². The first-order chi connectivity index (χ1) is 16.3. The molecule has 158 valence electrons. The van der Waals surface area contributed by atoms with E-state index in [1.807, 2.05) is 0 Å². The van der Waals surface area contributed by atoms with Crippen LogP contribution in [0.15, 0.2) is 83.5 Å². The maximum Gasteiger partial charge on any atom is 0.417 e. The van der Waals surface area contributed by atoms with Crippen LogP contribution in [-0.4, -0.2) is 0 Å². The van der Waals surface area contributed by atoms with E-state index in [0.717, 1.165) is 18.4 Å². The van der Waals surface area contributed by atoms with Crippen LogP contribution in [0.5, 0.6) is 0 Å². The average Bonchev–Trinajstić information content (AvgIpc) is 3.47. The quantitative estimate of drug-likeness (QED) is 0.294. The van der Waals surface area contributed by atoms with E-state index in [1.54, 1.807) is 0 Å². The SMILES string of the molecule is Cc1ccc2[n+](c1)C1(c3ccccc3-c3cccc[n+]31)c1ccc3c4c(oc3c1-2)CCCC4. The summed E-state index contributed by atoms with van der Waals surface area (Å²) in [4.78, 5) is 0. The molecule has 8 rings (SSSR count). The lowest BCUT2D eigenvalue weighted by atomic mass is 9.88. The number of pyridine rings is 2. The Morgan fingerprint density at radius 3 is 2.64 bits per heavy atom. The number of hydrogen-bond donors (Lipinski definition) is 0. The van der Waals surface area contributed by atoms with Crippen LogP contribution < -0.4 is 9.13 Å². The number of fused-ring (bicyclic) bond motifs is 14. The second-order valence-corrected chi connectivity index (χ2v) is 9.71. The van der Waals surface area contributed by atoms with Gasteiger partial charge >= 0.3 is 5.66 Å². The van der Waals surface area contributed by atoms with E-state index in [-0.39, 0.29) is 0 Å². The summed E-state index contributed by atoms with van der Waals surface area (Å²) in [5.41, 5.74) is 10.9. The molecule has 3 aliphatic rings. The zero-order valence-corrected chi connectivity index (χ0v) is 18.6. The van der Waals surface area contributed by atoms with Crippen LogP contribution in [0.25, 0.3) is 33.5 Å². The molecule has 5 aromatic rings. The minimum atomic E-state index is -0.453. The molecule has 0 fully saturated rings. The second kappa shape index (κ2) is 5.99. The topological polar surface area (TPSA) is 20.9 Å². The summed E-state index contributed by atoms with van der Waals surface area (Å²) in [6.45, 7) is 2.18. The van der Waals surface area contributed by atoms with Crippen LogP contribution in [0, 0.1) is 6.92 Å². The van der Waals surface area contributed by atoms with Crippen LogP contribution in [0.2, 0.25) is 0 Å². The van der Waals surface area contributed by atoms with Gasteiger partial charge in [-0.3, -0.25) is 0 Å². The highest BCUT2D eigenvalue weighted by molar-refractivity contribution is 5.97. The average molecular weight is 429 g/mol. The molecule has 1 atom stereocenters. The van der Waals surface area contributed by atoms with Crippen molar-refractivity contribution in [2.24, 2.45) is 0 Å². The minimum absolute atomic E-state index is 0.453. The summed E-state index contributed by atoms with van der Waals surface area (Å²) in [7, 11) is 0. The smallest absolute Gasteiger partial charge is 0.417 e. The largest absolute Gasteiger partial charge is 0.460 e. The van der Waals surface area contributed by atoms with Gasteiger partial charge in [-0.15, -0.1) is 9.13 Å². The molecule has 3 nitrogen and oxygen atoms in total. The first-order valence-corrected chi connectivity index (χ1v) is 12.0. The van der Waals surface area contributed by atoms with Crippen molar-refractivity contribution < 1.29 is 13.6 Å². The molecule has 33 heavy (non-hydrogen) atoms. The Bertz CT molecular complexity index is 1600. The van der Waals surface area contributed by atoms with Crippen LogP contribution in [0.3, 0.4) is 0 Å². The fourth-order valence-electron chi connectivity index (χ4n) is 6.68. The molecule has 0 saturated carbocycles. The lowest BCUT2D eigenvalue weighted by molar-refractivity contribution is -0.955. The van der Waals surface area contributed by atoms with Crippen molar-refractivity contribution >= 4 is 11.0 Å². The van der Waals surface area contributed by atoms with Crippen molar-refractivity contribution in [2.75, 3.05) is 0 Å². The van der Waals surface area contributed by atoms with Gasteiger partial charge in [-0.2, -0.15) is 0 Å². The van der Waals surface area contributed by atoms with E-state index in [9.17, 15) is 0 Å². The molecule has 2 aliphatic heterocycles. The van der Waals surface area contributed by atoms with E-state index in [0.29, 0.717) is 0 Å². The van der Waals surface area contributed by atoms with E-state index in [4.69, 9.17) is 4.42 Å². The molecule has 0 radical (unpaired) electrons. The number of rotatable bonds is 0. The highest BCUT2D eigenvalue weighted by Crippen LogP contribution is 2.50. The van der Waals surface area contributed by atoms with Crippen molar-refractivity contribution in [1.82, 2.24) is 0 Å². The Morgan fingerprint density at radius 2 is 1.67 bits per heavy atom. The summed E-state index contributed by atoms with van der Waals surface area (Å²) >= 11 is 0. The van der Waals surface area contributed by atoms with Gasteiger partial charge in [-0.1, -0.05) is 12.1 Å². The summed E-state index contributed by atoms with van der Waals surface area (Å²) in [5, 5.41) is 1.30. The number of benzene rings is 2. The zero-order chi connectivity index (χ0) is 21.7. The normalized spacial score (nSPS) is 19.3. The van der Waals surface area contributed by atoms with Gasteiger partial charge in [0.2, 0.25) is 11.4 Å². The van der Waals surface area contributed by atoms with Gasteiger partial charge in [-0.05, 0) is 62.6 Å². The molecular formula is C30H24N2O+2. The van der Waals surface area contributed by atoms with Crippen LogP contribution in [-0.2, 0) is 18.5 Å². The highest BCUT2D eigenvalue weighted by atomic mass is 16.3. The van der Waals surface area contributed by atoms with Crippen molar-refractivity contribution in [3.05, 3.63) is 107 Å². The fraction of sp³-hybridized carbons (Fsp3) is 0.200. The Hall–Kier alpha value is -3.72. The first-order valence-electron chi connectivity index (χ1n) is 12.0. The lowest BCUT2D eigenvalue weighted by Crippen LogP contribution is -2.71. The molecule has 1 unspecified atom stereocenters. The molecule has 1 aliphatic carbocycles. The van der Waals surface area contributed by atoms with Crippen LogP contribution in [0.1, 0.15) is 40.9 Å². The summed E-state index contributed by atoms with van der Waals surface area (Å²) < 4.78 is 11.6. The molecule has 0 amide bonds. The summed E-state index contributed by atoms with van der Waals surface area (Å²) in [6, 6.07) is 24.6. The molecule has 5 heterocycles. The van der Waals surface area contributed by atoms with Crippen molar-refractivity contribution in [3.8, 4) is 22.5 Å². The van der Waals surface area contributed by atoms with E-state index < -0.39 is 5.66 Å². The fourth-order valence-corrected chi connectivity index (χ4v) is 6.68. The first kappa shape index (κ1) is 17.8. The Balaban J connectivity index is 1.59. The predicted octanol–water partition coefficient (Wildman–Crippen LogP) is 5.45. The number of hydrogen-bond acceptors (Lipinski definition) is 1. The minimum Gasteiger partial charge on any atom is -0.460 e. The number of aryl methyl sites for hydroxylation is 3. The number of furan rings is 1. The van der Waals surface area contributed by atoms with Gasteiger partial charge in [-0.25, -0.2) is 0 Å². The van der Waals surface area contributed by atoms with Crippen molar-refractivity contribution in [3.63, 3.8) is 0 Å². The summed E-state index contributed by atoms with van der Waals surface area (Å²) in [5.74, 6) is 1.20. The maximum absolute atomic E-state index is 6.68. The Kier molecular flexibility index (Phi) is 3.23. The molecule has 0 bridgehead atoms. The highest BCUT2D eigenvalue weighted by Gasteiger charge is 2.67. The Labute approximate surface area is 192 Å². The van der Waals surface area contributed by atoms with E-state index in [1.165, 1.54) is 68.8 Å². The Morgan fingerprint density at radius 1 is 0.788 bits per heavy atom.